The molecule has 3 rings (SSSR count). The minimum absolute atomic E-state index is 0.616. The second-order valence-corrected chi connectivity index (χ2v) is 4.81. The number of rotatable bonds is 2. The number of para-hydroxylation sites is 2. The van der Waals surface area contributed by atoms with E-state index in [9.17, 15) is 0 Å². The number of benzene rings is 2. The number of nitrogens with zero attached hydrogens (tertiary/aromatic N) is 4. The highest BCUT2D eigenvalue weighted by atomic mass is 79.9. The number of tetrazole rings is 1. The van der Waals surface area contributed by atoms with Gasteiger partial charge in [0.15, 0.2) is 5.82 Å². The molecule has 6 heteroatoms. The molecular weight excluding hydrogens is 306 g/mol. The first-order chi connectivity index (χ1) is 9.27. The van der Waals surface area contributed by atoms with E-state index in [4.69, 9.17) is 5.73 Å². The van der Waals surface area contributed by atoms with Crippen LogP contribution in [0.1, 0.15) is 0 Å². The van der Waals surface area contributed by atoms with E-state index in [0.717, 1.165) is 15.7 Å². The van der Waals surface area contributed by atoms with Gasteiger partial charge in [0.05, 0.1) is 5.69 Å². The third-order valence-electron chi connectivity index (χ3n) is 2.75. The van der Waals surface area contributed by atoms with Gasteiger partial charge in [-0.15, -0.1) is 5.10 Å². The van der Waals surface area contributed by atoms with Crippen molar-refractivity contribution in [2.24, 2.45) is 0 Å². The molecule has 5 nitrogen and oxygen atoms in total. The van der Waals surface area contributed by atoms with Crippen molar-refractivity contribution >= 4 is 21.6 Å². The molecule has 1 heterocycles. The second-order valence-electron chi connectivity index (χ2n) is 3.95. The monoisotopic (exact) mass is 315 g/mol. The van der Waals surface area contributed by atoms with Crippen LogP contribution < -0.4 is 5.73 Å². The van der Waals surface area contributed by atoms with Crippen molar-refractivity contribution in [3.05, 3.63) is 53.0 Å². The fourth-order valence-electron chi connectivity index (χ4n) is 1.84. The average molecular weight is 316 g/mol. The standard InChI is InChI=1S/C13H10BrN5/c14-10-6-2-4-8-12(10)19-13(16-17-18-19)9-5-1-3-7-11(9)15/h1-8H,15H2. The fraction of sp³-hybridized carbons (Fsp3) is 0. The lowest BCUT2D eigenvalue weighted by Crippen LogP contribution is -2.02. The molecule has 0 saturated carbocycles. The summed E-state index contributed by atoms with van der Waals surface area (Å²) in [6, 6.07) is 15.3. The van der Waals surface area contributed by atoms with Crippen molar-refractivity contribution in [2.75, 3.05) is 5.73 Å². The van der Waals surface area contributed by atoms with Crippen molar-refractivity contribution in [3.8, 4) is 17.1 Å². The van der Waals surface area contributed by atoms with Gasteiger partial charge in [0, 0.05) is 15.7 Å². The lowest BCUT2D eigenvalue weighted by molar-refractivity contribution is 0.789. The molecule has 1 aromatic heterocycles. The smallest absolute Gasteiger partial charge is 0.189 e. The Balaban J connectivity index is 2.20. The molecule has 0 aliphatic carbocycles. The lowest BCUT2D eigenvalue weighted by Gasteiger charge is -2.08. The molecule has 3 aromatic rings. The number of nitrogens with two attached hydrogens (primary N) is 1. The Labute approximate surface area is 118 Å². The molecule has 0 bridgehead atoms. The van der Waals surface area contributed by atoms with Crippen LogP contribution in [0.2, 0.25) is 0 Å². The Morgan fingerprint density at radius 1 is 1.00 bits per heavy atom. The van der Waals surface area contributed by atoms with Gasteiger partial charge in [0.25, 0.3) is 0 Å². The van der Waals surface area contributed by atoms with E-state index in [-0.39, 0.29) is 0 Å². The highest BCUT2D eigenvalue weighted by Gasteiger charge is 2.14. The van der Waals surface area contributed by atoms with Crippen LogP contribution >= 0.6 is 15.9 Å². The molecule has 94 valence electrons. The van der Waals surface area contributed by atoms with E-state index in [2.05, 4.69) is 31.5 Å². The number of anilines is 1. The molecule has 0 aliphatic heterocycles. The van der Waals surface area contributed by atoms with Gasteiger partial charge in [-0.3, -0.25) is 0 Å². The molecule has 0 spiro atoms. The predicted octanol–water partition coefficient (Wildman–Crippen LogP) is 2.67. The van der Waals surface area contributed by atoms with Crippen LogP contribution in [0.25, 0.3) is 17.1 Å². The summed E-state index contributed by atoms with van der Waals surface area (Å²) >= 11 is 3.50. The van der Waals surface area contributed by atoms with Gasteiger partial charge < -0.3 is 5.73 Å². The van der Waals surface area contributed by atoms with Gasteiger partial charge in [-0.2, -0.15) is 4.68 Å². The summed E-state index contributed by atoms with van der Waals surface area (Å²) in [6.07, 6.45) is 0. The number of halogens is 1. The van der Waals surface area contributed by atoms with Crippen molar-refractivity contribution in [1.82, 2.24) is 20.2 Å². The van der Waals surface area contributed by atoms with Crippen LogP contribution in [0, 0.1) is 0 Å². The van der Waals surface area contributed by atoms with E-state index >= 15 is 0 Å². The van der Waals surface area contributed by atoms with Crippen molar-refractivity contribution in [3.63, 3.8) is 0 Å². The van der Waals surface area contributed by atoms with E-state index in [1.807, 2.05) is 48.5 Å². The zero-order chi connectivity index (χ0) is 13.2. The Hall–Kier alpha value is -2.21. The topological polar surface area (TPSA) is 69.6 Å². The number of hydrogen-bond acceptors (Lipinski definition) is 4. The number of hydrogen-bond donors (Lipinski definition) is 1. The Bertz CT molecular complexity index is 662. The minimum atomic E-state index is 0.616. The van der Waals surface area contributed by atoms with Crippen LogP contribution in [0.3, 0.4) is 0 Å². The van der Waals surface area contributed by atoms with Crippen LogP contribution in [0.4, 0.5) is 5.69 Å². The van der Waals surface area contributed by atoms with Gasteiger partial charge >= 0.3 is 0 Å². The highest BCUT2D eigenvalue weighted by molar-refractivity contribution is 9.10. The average Bonchev–Trinajstić information content (AvgIpc) is 2.89. The van der Waals surface area contributed by atoms with E-state index < -0.39 is 0 Å². The second kappa shape index (κ2) is 4.81. The molecule has 19 heavy (non-hydrogen) atoms. The SMILES string of the molecule is Nc1ccccc1-c1nnnn1-c1ccccc1Br. The van der Waals surface area contributed by atoms with Crippen molar-refractivity contribution < 1.29 is 0 Å². The van der Waals surface area contributed by atoms with Gasteiger partial charge in [0.2, 0.25) is 0 Å². The largest absolute Gasteiger partial charge is 0.398 e. The normalized spacial score (nSPS) is 10.6. The molecule has 0 radical (unpaired) electrons. The Morgan fingerprint density at radius 3 is 2.53 bits per heavy atom. The highest BCUT2D eigenvalue weighted by Crippen LogP contribution is 2.27. The van der Waals surface area contributed by atoms with Crippen LogP contribution in [0.15, 0.2) is 53.0 Å². The minimum Gasteiger partial charge on any atom is -0.398 e. The van der Waals surface area contributed by atoms with E-state index in [0.29, 0.717) is 11.5 Å². The third kappa shape index (κ3) is 2.10. The first-order valence-electron chi connectivity index (χ1n) is 5.65. The maximum atomic E-state index is 5.98. The third-order valence-corrected chi connectivity index (χ3v) is 3.42. The molecule has 0 amide bonds. The molecule has 0 saturated heterocycles. The Morgan fingerprint density at radius 2 is 1.74 bits per heavy atom. The maximum absolute atomic E-state index is 5.98. The van der Waals surface area contributed by atoms with Crippen LogP contribution in [-0.4, -0.2) is 20.2 Å². The summed E-state index contributed by atoms with van der Waals surface area (Å²) in [5, 5.41) is 11.8. The van der Waals surface area contributed by atoms with E-state index in [1.54, 1.807) is 4.68 Å². The summed E-state index contributed by atoms with van der Waals surface area (Å²) in [7, 11) is 0. The lowest BCUT2D eigenvalue weighted by atomic mass is 10.1. The van der Waals surface area contributed by atoms with Crippen LogP contribution in [-0.2, 0) is 0 Å². The Kier molecular flexibility index (Phi) is 3.00. The summed E-state index contributed by atoms with van der Waals surface area (Å²) in [5.74, 6) is 0.616. The van der Waals surface area contributed by atoms with Crippen molar-refractivity contribution in [1.29, 1.82) is 0 Å². The summed E-state index contributed by atoms with van der Waals surface area (Å²) in [6.45, 7) is 0. The van der Waals surface area contributed by atoms with Gasteiger partial charge in [-0.05, 0) is 50.6 Å². The first kappa shape index (κ1) is 11.9. The van der Waals surface area contributed by atoms with E-state index in [1.165, 1.54) is 0 Å². The maximum Gasteiger partial charge on any atom is 0.189 e. The van der Waals surface area contributed by atoms with Crippen molar-refractivity contribution in [2.45, 2.75) is 0 Å². The molecule has 2 aromatic carbocycles. The first-order valence-corrected chi connectivity index (χ1v) is 6.45. The summed E-state index contributed by atoms with van der Waals surface area (Å²) in [4.78, 5) is 0. The number of aromatic nitrogens is 4. The summed E-state index contributed by atoms with van der Waals surface area (Å²) < 4.78 is 2.58. The molecule has 0 aliphatic rings. The molecule has 0 unspecified atom stereocenters. The quantitative estimate of drug-likeness (QED) is 0.738. The van der Waals surface area contributed by atoms with Gasteiger partial charge in [0.1, 0.15) is 0 Å². The fourth-order valence-corrected chi connectivity index (χ4v) is 2.29. The van der Waals surface area contributed by atoms with Gasteiger partial charge in [-0.25, -0.2) is 0 Å². The van der Waals surface area contributed by atoms with Crippen LogP contribution in [0.5, 0.6) is 0 Å². The zero-order valence-electron chi connectivity index (χ0n) is 9.86. The number of nitrogen functional groups attached to an aromatic ring is 1. The van der Waals surface area contributed by atoms with Gasteiger partial charge in [-0.1, -0.05) is 24.3 Å². The molecule has 0 fully saturated rings. The molecule has 0 atom stereocenters. The molecule has 2 N–H and O–H groups in total. The summed E-state index contributed by atoms with van der Waals surface area (Å²) in [5.41, 5.74) is 8.30. The zero-order valence-corrected chi connectivity index (χ0v) is 11.4. The predicted molar refractivity (Wildman–Crippen MR) is 76.7 cm³/mol. The molecular formula is C13H10BrN5.